The van der Waals surface area contributed by atoms with Gasteiger partial charge in [0, 0.05) is 0 Å². The molecule has 0 aliphatic heterocycles. The number of halogens is 1. The van der Waals surface area contributed by atoms with Crippen molar-refractivity contribution in [1.29, 1.82) is 0 Å². The van der Waals surface area contributed by atoms with E-state index in [0.29, 0.717) is 0 Å². The Hall–Kier alpha value is -1.76. The maximum Gasteiger partial charge on any atom is 0.261 e. The molecule has 0 unspecified atom stereocenters. The van der Waals surface area contributed by atoms with Crippen LogP contribution in [0.4, 0.5) is 5.69 Å². The summed E-state index contributed by atoms with van der Waals surface area (Å²) in [6.07, 6.45) is 1.15. The standard InChI is InChI=1S/C8H4BrN3O3/c9-3-1-4(13)7-5(6(3)12-15)8(14)11-2-10-7/h1-2,13H,(H,10,11,14). The highest BCUT2D eigenvalue weighted by molar-refractivity contribution is 9.10. The molecule has 0 aliphatic carbocycles. The summed E-state index contributed by atoms with van der Waals surface area (Å²) >= 11 is 3.03. The van der Waals surface area contributed by atoms with Crippen LogP contribution in [0.15, 0.2) is 26.8 Å². The zero-order chi connectivity index (χ0) is 11.0. The highest BCUT2D eigenvalue weighted by Crippen LogP contribution is 2.35. The molecule has 0 atom stereocenters. The van der Waals surface area contributed by atoms with Crippen LogP contribution in [0.3, 0.4) is 0 Å². The minimum Gasteiger partial charge on any atom is -0.506 e. The first-order chi connectivity index (χ1) is 7.15. The molecule has 0 radical (unpaired) electrons. The smallest absolute Gasteiger partial charge is 0.261 e. The predicted octanol–water partition coefficient (Wildman–Crippen LogP) is 1.79. The molecule has 0 saturated carbocycles. The number of H-pyrrole nitrogens is 1. The second kappa shape index (κ2) is 3.43. The third kappa shape index (κ3) is 1.40. The first-order valence-corrected chi connectivity index (χ1v) is 4.66. The van der Waals surface area contributed by atoms with E-state index in [0.717, 1.165) is 6.33 Å². The lowest BCUT2D eigenvalue weighted by atomic mass is 10.2. The summed E-state index contributed by atoms with van der Waals surface area (Å²) in [7, 11) is 0. The number of aromatic amines is 1. The normalized spacial score (nSPS) is 10.5. The average molecular weight is 270 g/mol. The lowest BCUT2D eigenvalue weighted by Crippen LogP contribution is -2.06. The number of hydrogen-bond acceptors (Lipinski definition) is 5. The van der Waals surface area contributed by atoms with Gasteiger partial charge in [-0.25, -0.2) is 4.98 Å². The third-order valence-corrected chi connectivity index (χ3v) is 2.52. The summed E-state index contributed by atoms with van der Waals surface area (Å²) in [5.41, 5.74) is -0.542. The summed E-state index contributed by atoms with van der Waals surface area (Å²) in [6, 6.07) is 1.27. The van der Waals surface area contributed by atoms with Crippen LogP contribution < -0.4 is 5.56 Å². The second-order valence-corrected chi connectivity index (χ2v) is 3.63. The van der Waals surface area contributed by atoms with Crippen LogP contribution in [0.25, 0.3) is 10.9 Å². The topological polar surface area (TPSA) is 95.4 Å². The molecule has 0 amide bonds. The lowest BCUT2D eigenvalue weighted by Gasteiger charge is -2.02. The van der Waals surface area contributed by atoms with Crippen molar-refractivity contribution in [3.8, 4) is 5.75 Å². The van der Waals surface area contributed by atoms with E-state index in [4.69, 9.17) is 0 Å². The SMILES string of the molecule is O=Nc1c(Br)cc(O)c2nc[nH]c(=O)c12. The van der Waals surface area contributed by atoms with E-state index in [2.05, 4.69) is 31.1 Å². The van der Waals surface area contributed by atoms with Crippen molar-refractivity contribution in [2.45, 2.75) is 0 Å². The highest BCUT2D eigenvalue weighted by Gasteiger charge is 2.14. The van der Waals surface area contributed by atoms with E-state index >= 15 is 0 Å². The zero-order valence-corrected chi connectivity index (χ0v) is 8.78. The van der Waals surface area contributed by atoms with Crippen LogP contribution in [-0.2, 0) is 0 Å². The molecule has 1 aromatic carbocycles. The van der Waals surface area contributed by atoms with Crippen molar-refractivity contribution in [1.82, 2.24) is 9.97 Å². The first-order valence-electron chi connectivity index (χ1n) is 3.87. The quantitative estimate of drug-likeness (QED) is 0.772. The number of aromatic hydroxyl groups is 1. The summed E-state index contributed by atoms with van der Waals surface area (Å²) in [4.78, 5) is 28.1. The molecule has 76 valence electrons. The van der Waals surface area contributed by atoms with Gasteiger partial charge in [-0.3, -0.25) is 4.79 Å². The number of nitrogens with zero attached hydrogens (tertiary/aromatic N) is 2. The van der Waals surface area contributed by atoms with Crippen molar-refractivity contribution in [2.24, 2.45) is 5.18 Å². The number of nitrogens with one attached hydrogen (secondary N) is 1. The van der Waals surface area contributed by atoms with E-state index in [9.17, 15) is 14.8 Å². The fourth-order valence-corrected chi connectivity index (χ4v) is 1.77. The van der Waals surface area contributed by atoms with Crippen molar-refractivity contribution < 1.29 is 5.11 Å². The van der Waals surface area contributed by atoms with E-state index in [1.54, 1.807) is 0 Å². The monoisotopic (exact) mass is 269 g/mol. The third-order valence-electron chi connectivity index (χ3n) is 1.91. The molecular weight excluding hydrogens is 266 g/mol. The molecule has 2 aromatic rings. The Kier molecular flexibility index (Phi) is 2.24. The van der Waals surface area contributed by atoms with Gasteiger partial charge in [-0.05, 0) is 27.2 Å². The van der Waals surface area contributed by atoms with Crippen LogP contribution in [0.5, 0.6) is 5.75 Å². The molecular formula is C8H4BrN3O3. The minimum absolute atomic E-state index is 0.0284. The maximum absolute atomic E-state index is 11.4. The van der Waals surface area contributed by atoms with Gasteiger partial charge in [-0.15, -0.1) is 4.91 Å². The van der Waals surface area contributed by atoms with Gasteiger partial charge in [0.25, 0.3) is 5.56 Å². The van der Waals surface area contributed by atoms with Gasteiger partial charge < -0.3 is 10.1 Å². The van der Waals surface area contributed by atoms with Crippen LogP contribution in [0.1, 0.15) is 0 Å². The Balaban J connectivity index is 3.12. The predicted molar refractivity (Wildman–Crippen MR) is 57.2 cm³/mol. The van der Waals surface area contributed by atoms with Crippen molar-refractivity contribution in [3.63, 3.8) is 0 Å². The fraction of sp³-hybridized carbons (Fsp3) is 0. The molecule has 15 heavy (non-hydrogen) atoms. The van der Waals surface area contributed by atoms with E-state index in [1.165, 1.54) is 6.07 Å². The van der Waals surface area contributed by atoms with Crippen LogP contribution in [0, 0.1) is 4.91 Å². The van der Waals surface area contributed by atoms with Gasteiger partial charge in [0.1, 0.15) is 17.0 Å². The largest absolute Gasteiger partial charge is 0.506 e. The average Bonchev–Trinajstić information content (AvgIpc) is 2.20. The molecule has 0 saturated heterocycles. The molecule has 7 heteroatoms. The molecule has 2 N–H and O–H groups in total. The molecule has 6 nitrogen and oxygen atoms in total. The van der Waals surface area contributed by atoms with Crippen molar-refractivity contribution >= 4 is 32.5 Å². The number of aromatic nitrogens is 2. The molecule has 1 aromatic heterocycles. The van der Waals surface area contributed by atoms with Gasteiger partial charge in [0.2, 0.25) is 0 Å². The number of nitroso groups, excluding NO2 is 1. The second-order valence-electron chi connectivity index (χ2n) is 2.77. The molecule has 1 heterocycles. The van der Waals surface area contributed by atoms with Gasteiger partial charge in [0.05, 0.1) is 16.2 Å². The van der Waals surface area contributed by atoms with Crippen LogP contribution >= 0.6 is 15.9 Å². The van der Waals surface area contributed by atoms with E-state index in [1.807, 2.05) is 0 Å². The number of rotatable bonds is 1. The number of phenolic OH excluding ortho intramolecular Hbond substituents is 1. The maximum atomic E-state index is 11.4. The Morgan fingerprint density at radius 2 is 2.27 bits per heavy atom. The number of hydrogen-bond donors (Lipinski definition) is 2. The molecule has 0 bridgehead atoms. The van der Waals surface area contributed by atoms with Crippen molar-refractivity contribution in [3.05, 3.63) is 32.1 Å². The Labute approximate surface area is 91.1 Å². The van der Waals surface area contributed by atoms with Crippen molar-refractivity contribution in [2.75, 3.05) is 0 Å². The minimum atomic E-state index is -0.522. The van der Waals surface area contributed by atoms with Crippen LogP contribution in [-0.4, -0.2) is 15.1 Å². The molecule has 0 aliphatic rings. The Bertz CT molecular complexity index is 608. The number of benzene rings is 1. The molecule has 0 fully saturated rings. The van der Waals surface area contributed by atoms with E-state index in [-0.39, 0.29) is 26.8 Å². The van der Waals surface area contributed by atoms with E-state index < -0.39 is 5.56 Å². The Morgan fingerprint density at radius 1 is 1.53 bits per heavy atom. The van der Waals surface area contributed by atoms with Gasteiger partial charge >= 0.3 is 0 Å². The Morgan fingerprint density at radius 3 is 2.93 bits per heavy atom. The zero-order valence-electron chi connectivity index (χ0n) is 7.19. The summed E-state index contributed by atoms with van der Waals surface area (Å²) in [5.74, 6) is -0.185. The molecule has 0 spiro atoms. The van der Waals surface area contributed by atoms with Gasteiger partial charge in [-0.2, -0.15) is 0 Å². The molecule has 2 rings (SSSR count). The number of phenols is 1. The summed E-state index contributed by atoms with van der Waals surface area (Å²) in [6.45, 7) is 0. The fourth-order valence-electron chi connectivity index (χ4n) is 1.28. The highest BCUT2D eigenvalue weighted by atomic mass is 79.9. The number of fused-ring (bicyclic) bond motifs is 1. The summed E-state index contributed by atoms with van der Waals surface area (Å²) < 4.78 is 0.251. The lowest BCUT2D eigenvalue weighted by molar-refractivity contribution is 0.480. The van der Waals surface area contributed by atoms with Gasteiger partial charge in [-0.1, -0.05) is 0 Å². The first kappa shape index (κ1) is 9.78. The van der Waals surface area contributed by atoms with Gasteiger partial charge in [0.15, 0.2) is 0 Å². The van der Waals surface area contributed by atoms with Crippen LogP contribution in [0.2, 0.25) is 0 Å². The summed E-state index contributed by atoms with van der Waals surface area (Å²) in [5, 5.41) is 12.2.